The molecule has 222 valence electrons. The zero-order chi connectivity index (χ0) is 30.3. The molecule has 1 fully saturated rings. The minimum atomic E-state index is -5.06. The highest BCUT2D eigenvalue weighted by Crippen LogP contribution is 2.27. The van der Waals surface area contributed by atoms with Crippen LogP contribution < -0.4 is 21.6 Å². The molecule has 17 heteroatoms. The summed E-state index contributed by atoms with van der Waals surface area (Å²) >= 11 is 0. The van der Waals surface area contributed by atoms with E-state index in [-0.39, 0.29) is 31.7 Å². The monoisotopic (exact) mass is 591 g/mol. The van der Waals surface area contributed by atoms with Gasteiger partial charge in [-0.3, -0.25) is 19.7 Å². The fraction of sp³-hybridized carbons (Fsp3) is 0.400. The van der Waals surface area contributed by atoms with Crippen LogP contribution in [0, 0.1) is 0 Å². The number of likely N-dealkylation sites (tertiary alicyclic amines) is 1. The Morgan fingerprint density at radius 2 is 1.64 bits per heavy atom. The number of amides is 2. The number of alkyl halides is 3. The maximum absolute atomic E-state index is 13.6. The average Bonchev–Trinajstić information content (AvgIpc) is 3.63. The lowest BCUT2D eigenvalue weighted by Crippen LogP contribution is -2.53. The predicted molar refractivity (Wildman–Crippen MR) is 139 cm³/mol. The van der Waals surface area contributed by atoms with Gasteiger partial charge in [-0.25, -0.2) is 0 Å². The summed E-state index contributed by atoms with van der Waals surface area (Å²) in [6.45, 7) is 0.123. The van der Waals surface area contributed by atoms with Gasteiger partial charge in [0, 0.05) is 18.2 Å². The molecule has 2 unspecified atom stereocenters. The molecular formula is C25H26B2F3N3O9. The van der Waals surface area contributed by atoms with Crippen molar-refractivity contribution >= 4 is 42.9 Å². The number of nitrogens with one attached hydrogen (secondary N) is 2. The molecule has 2 aromatic rings. The summed E-state index contributed by atoms with van der Waals surface area (Å²) in [5.74, 6) is -3.72. The van der Waals surface area contributed by atoms with Crippen molar-refractivity contribution in [2.75, 3.05) is 6.54 Å². The lowest BCUT2D eigenvalue weighted by Gasteiger charge is -2.27. The van der Waals surface area contributed by atoms with Gasteiger partial charge in [-0.1, -0.05) is 24.3 Å². The van der Waals surface area contributed by atoms with Crippen LogP contribution in [0.25, 0.3) is 0 Å². The lowest BCUT2D eigenvalue weighted by molar-refractivity contribution is -0.170. The molecule has 6 N–H and O–H groups in total. The number of nitrogens with zero attached hydrogens (tertiary/aromatic N) is 1. The van der Waals surface area contributed by atoms with Crippen LogP contribution in [-0.2, 0) is 32.1 Å². The van der Waals surface area contributed by atoms with Crippen LogP contribution in [0.1, 0.15) is 46.1 Å². The Kier molecular flexibility index (Phi) is 8.33. The molecule has 3 aliphatic heterocycles. The molecule has 0 aromatic heterocycles. The Hall–Kier alpha value is -3.47. The molecule has 0 aliphatic carbocycles. The molecule has 12 nitrogen and oxygen atoms in total. The molecule has 3 heterocycles. The lowest BCUT2D eigenvalue weighted by atomic mass is 9.78. The van der Waals surface area contributed by atoms with E-state index < -0.39 is 69.0 Å². The minimum absolute atomic E-state index is 0.0443. The van der Waals surface area contributed by atoms with Gasteiger partial charge in [0.15, 0.2) is 0 Å². The second kappa shape index (κ2) is 11.7. The summed E-state index contributed by atoms with van der Waals surface area (Å²) in [7, 11) is -2.43. The number of aliphatic hydroxyl groups is 1. The van der Waals surface area contributed by atoms with Gasteiger partial charge in [-0.05, 0) is 46.2 Å². The van der Waals surface area contributed by atoms with E-state index in [1.54, 1.807) is 23.5 Å². The molecule has 0 saturated carbocycles. The number of hydrogen-bond donors (Lipinski definition) is 6. The Morgan fingerprint density at radius 3 is 2.26 bits per heavy atom. The SMILES string of the molecule is O=C(O)C[C@H](NC(=O)[C@@H]1CC(NC(O)c2ccc3c(c2)B(O)OC3)CN1C(=O)c1ccc2c(c1)B(O)OC2)C(F)(F)F. The van der Waals surface area contributed by atoms with Gasteiger partial charge in [0.05, 0.1) is 19.6 Å². The molecule has 3 aliphatic rings. The normalized spacial score (nSPS) is 21.2. The minimum Gasteiger partial charge on any atom is -0.481 e. The first-order valence-corrected chi connectivity index (χ1v) is 13.0. The third-order valence-corrected chi connectivity index (χ3v) is 7.55. The van der Waals surface area contributed by atoms with Crippen molar-refractivity contribution in [1.82, 2.24) is 15.5 Å². The van der Waals surface area contributed by atoms with E-state index in [2.05, 4.69) is 5.32 Å². The van der Waals surface area contributed by atoms with E-state index in [0.29, 0.717) is 22.1 Å². The van der Waals surface area contributed by atoms with Crippen LogP contribution in [0.4, 0.5) is 13.2 Å². The van der Waals surface area contributed by atoms with Crippen LogP contribution >= 0.6 is 0 Å². The third-order valence-electron chi connectivity index (χ3n) is 7.55. The van der Waals surface area contributed by atoms with Crippen molar-refractivity contribution in [1.29, 1.82) is 0 Å². The van der Waals surface area contributed by atoms with Gasteiger partial charge in [0.25, 0.3) is 5.91 Å². The summed E-state index contributed by atoms with van der Waals surface area (Å²) in [6, 6.07) is 4.24. The number of carbonyl (C=O) groups is 3. The number of hydrogen-bond acceptors (Lipinski definition) is 9. The number of carbonyl (C=O) groups excluding carboxylic acids is 2. The summed E-state index contributed by atoms with van der Waals surface area (Å²) in [5, 5.41) is 44.4. The van der Waals surface area contributed by atoms with E-state index >= 15 is 0 Å². The molecule has 2 aromatic carbocycles. The molecule has 4 atom stereocenters. The Bertz CT molecular complexity index is 1400. The highest BCUT2D eigenvalue weighted by molar-refractivity contribution is 6.62. The number of halogens is 3. The zero-order valence-electron chi connectivity index (χ0n) is 21.9. The fourth-order valence-corrected chi connectivity index (χ4v) is 5.36. The van der Waals surface area contributed by atoms with Crippen molar-refractivity contribution in [3.05, 3.63) is 58.7 Å². The van der Waals surface area contributed by atoms with E-state index in [1.807, 2.05) is 0 Å². The number of benzene rings is 2. The highest BCUT2D eigenvalue weighted by Gasteiger charge is 2.46. The van der Waals surface area contributed by atoms with Gasteiger partial charge in [0.1, 0.15) is 18.3 Å². The van der Waals surface area contributed by atoms with Crippen molar-refractivity contribution in [2.45, 2.75) is 56.6 Å². The van der Waals surface area contributed by atoms with E-state index in [0.717, 1.165) is 10.5 Å². The topological polar surface area (TPSA) is 178 Å². The fourth-order valence-electron chi connectivity index (χ4n) is 5.36. The smallest absolute Gasteiger partial charge is 0.481 e. The zero-order valence-corrected chi connectivity index (χ0v) is 21.9. The van der Waals surface area contributed by atoms with Gasteiger partial charge in [0.2, 0.25) is 5.91 Å². The van der Waals surface area contributed by atoms with E-state index in [9.17, 15) is 42.7 Å². The third kappa shape index (κ3) is 6.16. The molecule has 0 radical (unpaired) electrons. The van der Waals surface area contributed by atoms with Crippen LogP contribution in [0.2, 0.25) is 0 Å². The van der Waals surface area contributed by atoms with Gasteiger partial charge >= 0.3 is 26.4 Å². The quantitative estimate of drug-likeness (QED) is 0.157. The first-order chi connectivity index (χ1) is 19.8. The molecule has 0 spiro atoms. The van der Waals surface area contributed by atoms with Gasteiger partial charge in [-0.15, -0.1) is 0 Å². The van der Waals surface area contributed by atoms with Crippen LogP contribution in [0.15, 0.2) is 36.4 Å². The molecule has 42 heavy (non-hydrogen) atoms. The van der Waals surface area contributed by atoms with E-state index in [4.69, 9.17) is 14.4 Å². The van der Waals surface area contributed by atoms with Gasteiger partial charge < -0.3 is 39.8 Å². The second-order valence-electron chi connectivity index (χ2n) is 10.4. The summed E-state index contributed by atoms with van der Waals surface area (Å²) in [6.07, 6.45) is -8.02. The summed E-state index contributed by atoms with van der Waals surface area (Å²) in [5.41, 5.74) is 2.57. The number of carboxylic acids is 1. The molecule has 0 bridgehead atoms. The Morgan fingerprint density at radius 1 is 1.02 bits per heavy atom. The predicted octanol–water partition coefficient (Wildman–Crippen LogP) is -1.49. The van der Waals surface area contributed by atoms with Crippen LogP contribution in [0.3, 0.4) is 0 Å². The summed E-state index contributed by atoms with van der Waals surface area (Å²) in [4.78, 5) is 38.8. The van der Waals surface area contributed by atoms with Crippen molar-refractivity contribution in [3.8, 4) is 0 Å². The number of fused-ring (bicyclic) bond motifs is 2. The number of rotatable bonds is 8. The average molecular weight is 591 g/mol. The van der Waals surface area contributed by atoms with Crippen LogP contribution in [0.5, 0.6) is 0 Å². The number of carboxylic acid groups (broad SMARTS) is 1. The maximum Gasteiger partial charge on any atom is 0.491 e. The number of aliphatic carboxylic acids is 1. The van der Waals surface area contributed by atoms with Crippen molar-refractivity contribution in [2.24, 2.45) is 0 Å². The second-order valence-corrected chi connectivity index (χ2v) is 10.4. The molecule has 2 amide bonds. The molecular weight excluding hydrogens is 565 g/mol. The highest BCUT2D eigenvalue weighted by atomic mass is 19.4. The van der Waals surface area contributed by atoms with Gasteiger partial charge in [-0.2, -0.15) is 13.2 Å². The summed E-state index contributed by atoms with van der Waals surface area (Å²) < 4.78 is 50.8. The Balaban J connectivity index is 1.38. The largest absolute Gasteiger partial charge is 0.491 e. The molecule has 1 saturated heterocycles. The maximum atomic E-state index is 13.6. The first kappa shape index (κ1) is 30.0. The van der Waals surface area contributed by atoms with E-state index in [1.165, 1.54) is 18.2 Å². The first-order valence-electron chi connectivity index (χ1n) is 13.0. The number of aliphatic hydroxyl groups excluding tert-OH is 1. The molecule has 5 rings (SSSR count). The standard InChI is InChI=1S/C25H26B2F3N3O9/c28-25(29,30)20(8-21(34)35)32-23(37)19-7-16(31-22(36)12-1-3-14-10-41-26(39)17(14)5-12)9-33(19)24(38)13-2-4-15-11-42-27(40)18(15)6-13/h1-6,16,19-20,22,31,36,39-40H,7-11H2,(H,32,37)(H,34,35)/t16?,19-,20-,22?/m0/s1. The van der Waals surface area contributed by atoms with Crippen molar-refractivity contribution in [3.63, 3.8) is 0 Å². The van der Waals surface area contributed by atoms with Crippen LogP contribution in [-0.4, -0.2) is 88.0 Å². The van der Waals surface area contributed by atoms with Crippen molar-refractivity contribution < 1.29 is 57.1 Å². The Labute approximate surface area is 237 Å².